The van der Waals surface area contributed by atoms with Crippen molar-refractivity contribution < 1.29 is 18.7 Å². The third-order valence-electron chi connectivity index (χ3n) is 2.43. The maximum Gasteiger partial charge on any atom is 0.355 e. The van der Waals surface area contributed by atoms with Gasteiger partial charge in [-0.05, 0) is 30.3 Å². The third-order valence-corrected chi connectivity index (χ3v) is 2.43. The SMILES string of the molecule is COC(=O)c1cccn1C(=O)c1cccc(F)c1. The zero-order valence-corrected chi connectivity index (χ0v) is 9.59. The second-order valence-electron chi connectivity index (χ2n) is 3.57. The van der Waals surface area contributed by atoms with Crippen LogP contribution in [0, 0.1) is 5.82 Å². The molecule has 0 bridgehead atoms. The van der Waals surface area contributed by atoms with E-state index in [0.29, 0.717) is 0 Å². The molecule has 0 fully saturated rings. The number of halogens is 1. The summed E-state index contributed by atoms with van der Waals surface area (Å²) >= 11 is 0. The van der Waals surface area contributed by atoms with Crippen molar-refractivity contribution in [2.45, 2.75) is 0 Å². The molecule has 2 rings (SSSR count). The lowest BCUT2D eigenvalue weighted by atomic mass is 10.2. The summed E-state index contributed by atoms with van der Waals surface area (Å²) < 4.78 is 18.7. The quantitative estimate of drug-likeness (QED) is 0.763. The van der Waals surface area contributed by atoms with Crippen LogP contribution in [-0.2, 0) is 4.74 Å². The van der Waals surface area contributed by atoms with Crippen molar-refractivity contribution in [2.75, 3.05) is 7.11 Å². The van der Waals surface area contributed by atoms with E-state index in [9.17, 15) is 14.0 Å². The van der Waals surface area contributed by atoms with E-state index in [2.05, 4.69) is 4.74 Å². The molecule has 92 valence electrons. The molecule has 18 heavy (non-hydrogen) atoms. The van der Waals surface area contributed by atoms with Crippen molar-refractivity contribution in [1.29, 1.82) is 0 Å². The second kappa shape index (κ2) is 4.83. The highest BCUT2D eigenvalue weighted by molar-refractivity contribution is 6.01. The summed E-state index contributed by atoms with van der Waals surface area (Å²) in [5.41, 5.74) is 0.267. The Balaban J connectivity index is 2.41. The van der Waals surface area contributed by atoms with Crippen molar-refractivity contribution in [3.05, 3.63) is 59.7 Å². The number of carbonyl (C=O) groups excluding carboxylic acids is 2. The Labute approximate surface area is 103 Å². The van der Waals surface area contributed by atoms with Crippen LogP contribution in [0.2, 0.25) is 0 Å². The Bertz CT molecular complexity index is 604. The molecule has 0 unspecified atom stereocenters. The number of hydrogen-bond acceptors (Lipinski definition) is 3. The highest BCUT2D eigenvalue weighted by Gasteiger charge is 2.17. The maximum atomic E-state index is 13.0. The van der Waals surface area contributed by atoms with Gasteiger partial charge in [-0.3, -0.25) is 9.36 Å². The van der Waals surface area contributed by atoms with E-state index in [1.165, 1.54) is 37.6 Å². The largest absolute Gasteiger partial charge is 0.464 e. The molecule has 0 atom stereocenters. The lowest BCUT2D eigenvalue weighted by molar-refractivity contribution is 0.0583. The van der Waals surface area contributed by atoms with Crippen LogP contribution in [0.4, 0.5) is 4.39 Å². The van der Waals surface area contributed by atoms with E-state index in [1.54, 1.807) is 6.07 Å². The first-order chi connectivity index (χ1) is 8.63. The minimum Gasteiger partial charge on any atom is -0.464 e. The molecule has 0 aliphatic carbocycles. The van der Waals surface area contributed by atoms with E-state index < -0.39 is 17.7 Å². The Morgan fingerprint density at radius 2 is 2.00 bits per heavy atom. The average Bonchev–Trinajstić information content (AvgIpc) is 2.86. The number of carbonyl (C=O) groups is 2. The molecule has 0 amide bonds. The van der Waals surface area contributed by atoms with E-state index in [1.807, 2.05) is 0 Å². The number of rotatable bonds is 2. The molecule has 0 radical (unpaired) electrons. The monoisotopic (exact) mass is 247 g/mol. The van der Waals surface area contributed by atoms with E-state index in [4.69, 9.17) is 0 Å². The van der Waals surface area contributed by atoms with Crippen LogP contribution in [0.1, 0.15) is 20.8 Å². The summed E-state index contributed by atoms with van der Waals surface area (Å²) in [7, 11) is 1.23. The molecule has 0 aliphatic rings. The van der Waals surface area contributed by atoms with Crippen molar-refractivity contribution in [2.24, 2.45) is 0 Å². The van der Waals surface area contributed by atoms with Crippen LogP contribution in [0.15, 0.2) is 42.6 Å². The Morgan fingerprint density at radius 3 is 2.67 bits per heavy atom. The number of esters is 1. The molecule has 1 aromatic heterocycles. The van der Waals surface area contributed by atoms with Gasteiger partial charge in [0.2, 0.25) is 0 Å². The number of nitrogens with zero attached hydrogens (tertiary/aromatic N) is 1. The first kappa shape index (κ1) is 12.0. The predicted molar refractivity (Wildman–Crippen MR) is 61.9 cm³/mol. The first-order valence-corrected chi connectivity index (χ1v) is 5.19. The number of aromatic nitrogens is 1. The standard InChI is InChI=1S/C13H10FNO3/c1-18-13(17)11-6-3-7-15(11)12(16)9-4-2-5-10(14)8-9/h2-8H,1H3. The Morgan fingerprint density at radius 1 is 1.22 bits per heavy atom. The van der Waals surface area contributed by atoms with Gasteiger partial charge < -0.3 is 4.74 Å². The van der Waals surface area contributed by atoms with Gasteiger partial charge in [-0.15, -0.1) is 0 Å². The fraction of sp³-hybridized carbons (Fsp3) is 0.0769. The second-order valence-corrected chi connectivity index (χ2v) is 3.57. The van der Waals surface area contributed by atoms with Crippen LogP contribution in [0.25, 0.3) is 0 Å². The van der Waals surface area contributed by atoms with Gasteiger partial charge in [-0.1, -0.05) is 6.07 Å². The minimum atomic E-state index is -0.621. The summed E-state index contributed by atoms with van der Waals surface area (Å²) in [6.45, 7) is 0. The normalized spacial score (nSPS) is 10.1. The molecular weight excluding hydrogens is 237 g/mol. The van der Waals surface area contributed by atoms with Crippen molar-refractivity contribution in [3.8, 4) is 0 Å². The molecule has 0 spiro atoms. The first-order valence-electron chi connectivity index (χ1n) is 5.19. The lowest BCUT2D eigenvalue weighted by Gasteiger charge is -2.06. The molecule has 4 nitrogen and oxygen atoms in total. The summed E-state index contributed by atoms with van der Waals surface area (Å²) in [5.74, 6) is -1.61. The van der Waals surface area contributed by atoms with Gasteiger partial charge in [0.25, 0.3) is 5.91 Å². The molecular formula is C13H10FNO3. The molecule has 0 aliphatic heterocycles. The summed E-state index contributed by atoms with van der Waals surface area (Å²) in [5, 5.41) is 0. The molecule has 1 heterocycles. The van der Waals surface area contributed by atoms with Gasteiger partial charge in [-0.25, -0.2) is 9.18 Å². The Hall–Kier alpha value is -2.43. The number of ether oxygens (including phenoxy) is 1. The number of hydrogen-bond donors (Lipinski definition) is 0. The molecule has 0 N–H and O–H groups in total. The van der Waals surface area contributed by atoms with Crippen molar-refractivity contribution >= 4 is 11.9 Å². The molecule has 0 saturated carbocycles. The smallest absolute Gasteiger partial charge is 0.355 e. The summed E-state index contributed by atoms with van der Waals surface area (Å²) in [6, 6.07) is 8.28. The van der Waals surface area contributed by atoms with Crippen LogP contribution in [0.5, 0.6) is 0 Å². The van der Waals surface area contributed by atoms with Gasteiger partial charge in [0.05, 0.1) is 7.11 Å². The van der Waals surface area contributed by atoms with Gasteiger partial charge in [0.1, 0.15) is 11.5 Å². The Kier molecular flexibility index (Phi) is 3.23. The number of benzene rings is 1. The molecule has 0 saturated heterocycles. The predicted octanol–water partition coefficient (Wildman–Crippen LogP) is 2.10. The van der Waals surface area contributed by atoms with Crippen LogP contribution >= 0.6 is 0 Å². The van der Waals surface area contributed by atoms with E-state index >= 15 is 0 Å². The van der Waals surface area contributed by atoms with Gasteiger partial charge in [0, 0.05) is 11.8 Å². The van der Waals surface area contributed by atoms with Crippen LogP contribution in [0.3, 0.4) is 0 Å². The topological polar surface area (TPSA) is 48.3 Å². The molecule has 1 aromatic carbocycles. The summed E-state index contributed by atoms with van der Waals surface area (Å²) in [6.07, 6.45) is 1.43. The lowest BCUT2D eigenvalue weighted by Crippen LogP contribution is -2.18. The molecule has 2 aromatic rings. The maximum absolute atomic E-state index is 13.0. The summed E-state index contributed by atoms with van der Waals surface area (Å²) in [4.78, 5) is 23.5. The van der Waals surface area contributed by atoms with Crippen LogP contribution in [-0.4, -0.2) is 23.6 Å². The highest BCUT2D eigenvalue weighted by atomic mass is 19.1. The van der Waals surface area contributed by atoms with Crippen LogP contribution < -0.4 is 0 Å². The minimum absolute atomic E-state index is 0.103. The zero-order chi connectivity index (χ0) is 13.1. The van der Waals surface area contributed by atoms with Crippen molar-refractivity contribution in [3.63, 3.8) is 0 Å². The fourth-order valence-electron chi connectivity index (χ4n) is 1.59. The van der Waals surface area contributed by atoms with E-state index in [0.717, 1.165) is 10.6 Å². The fourth-order valence-corrected chi connectivity index (χ4v) is 1.59. The van der Waals surface area contributed by atoms with E-state index in [-0.39, 0.29) is 11.3 Å². The average molecular weight is 247 g/mol. The third kappa shape index (κ3) is 2.15. The highest BCUT2D eigenvalue weighted by Crippen LogP contribution is 2.10. The van der Waals surface area contributed by atoms with Gasteiger partial charge in [-0.2, -0.15) is 0 Å². The number of methoxy groups -OCH3 is 1. The van der Waals surface area contributed by atoms with Crippen molar-refractivity contribution in [1.82, 2.24) is 4.57 Å². The molecule has 5 heteroatoms. The van der Waals surface area contributed by atoms with Gasteiger partial charge in [0.15, 0.2) is 0 Å². The zero-order valence-electron chi connectivity index (χ0n) is 9.59. The van der Waals surface area contributed by atoms with Gasteiger partial charge >= 0.3 is 5.97 Å².